The minimum Gasteiger partial charge on any atom is -0.333 e. The van der Waals surface area contributed by atoms with Gasteiger partial charge in [0.2, 0.25) is 0 Å². The van der Waals surface area contributed by atoms with Crippen LogP contribution in [0.25, 0.3) is 32.7 Å². The lowest BCUT2D eigenvalue weighted by atomic mass is 9.91. The Labute approximate surface area is 296 Å². The summed E-state index contributed by atoms with van der Waals surface area (Å²) in [4.78, 5) is 5.04. The van der Waals surface area contributed by atoms with Gasteiger partial charge < -0.3 is 9.80 Å². The molecule has 1 aliphatic carbocycles. The van der Waals surface area contributed by atoms with Gasteiger partial charge in [-0.05, 0) is 87.7 Å². The van der Waals surface area contributed by atoms with Crippen LogP contribution in [0.5, 0.6) is 0 Å². The number of allylic oxidation sites excluding steroid dienone is 2. The topological polar surface area (TPSA) is 6.48 Å². The molecule has 8 rings (SSSR count). The Balaban J connectivity index is 1.51. The summed E-state index contributed by atoms with van der Waals surface area (Å²) in [7, 11) is 0. The van der Waals surface area contributed by atoms with Crippen molar-refractivity contribution in [1.29, 1.82) is 0 Å². The lowest BCUT2D eigenvalue weighted by Gasteiger charge is -2.37. The molecule has 0 amide bonds. The van der Waals surface area contributed by atoms with Crippen molar-refractivity contribution in [3.05, 3.63) is 186 Å². The van der Waals surface area contributed by atoms with E-state index in [2.05, 4.69) is 201 Å². The van der Waals surface area contributed by atoms with E-state index in [1.54, 1.807) is 0 Å². The van der Waals surface area contributed by atoms with E-state index in [4.69, 9.17) is 0 Å². The molecule has 50 heavy (non-hydrogen) atoms. The normalized spacial score (nSPS) is 14.2. The highest BCUT2D eigenvalue weighted by atomic mass is 15.2. The lowest BCUT2D eigenvalue weighted by Crippen LogP contribution is -2.30. The zero-order valence-electron chi connectivity index (χ0n) is 29.3. The average Bonchev–Trinajstić information content (AvgIpc) is 3.15. The van der Waals surface area contributed by atoms with Crippen LogP contribution in [0.2, 0.25) is 0 Å². The summed E-state index contributed by atoms with van der Waals surface area (Å²) in [5.41, 5.74) is 13.4. The second-order valence-electron chi connectivity index (χ2n) is 13.7. The van der Waals surface area contributed by atoms with Crippen LogP contribution in [-0.4, -0.2) is 6.04 Å². The van der Waals surface area contributed by atoms with Gasteiger partial charge in [-0.2, -0.15) is 0 Å². The first kappa shape index (κ1) is 31.4. The van der Waals surface area contributed by atoms with Gasteiger partial charge in [-0.25, -0.2) is 0 Å². The summed E-state index contributed by atoms with van der Waals surface area (Å²) in [6, 6.07) is 53.9. The molecular formula is C48H42N2. The van der Waals surface area contributed by atoms with Crippen molar-refractivity contribution in [2.24, 2.45) is 0 Å². The molecule has 1 aliphatic rings. The highest BCUT2D eigenvalue weighted by molar-refractivity contribution is 6.23. The molecule has 0 spiro atoms. The van der Waals surface area contributed by atoms with Gasteiger partial charge in [0, 0.05) is 38.6 Å². The molecule has 0 aliphatic heterocycles. The van der Waals surface area contributed by atoms with Gasteiger partial charge in [0.25, 0.3) is 0 Å². The molecular weight excluding hydrogens is 605 g/mol. The molecule has 1 unspecified atom stereocenters. The van der Waals surface area contributed by atoms with E-state index in [-0.39, 0.29) is 6.04 Å². The highest BCUT2D eigenvalue weighted by Crippen LogP contribution is 2.51. The fourth-order valence-electron chi connectivity index (χ4n) is 7.34. The number of fused-ring (bicyclic) bond motifs is 2. The zero-order valence-corrected chi connectivity index (χ0v) is 29.3. The second-order valence-corrected chi connectivity index (χ2v) is 13.7. The molecule has 2 nitrogen and oxygen atoms in total. The van der Waals surface area contributed by atoms with Crippen LogP contribution in [0.4, 0.5) is 28.4 Å². The second kappa shape index (κ2) is 13.2. The van der Waals surface area contributed by atoms with E-state index >= 15 is 0 Å². The number of anilines is 5. The van der Waals surface area contributed by atoms with Gasteiger partial charge in [0.05, 0.1) is 17.4 Å². The Morgan fingerprint density at radius 1 is 0.460 bits per heavy atom. The Bertz CT molecular complexity index is 2320. The fourth-order valence-corrected chi connectivity index (χ4v) is 7.34. The Hall–Kier alpha value is -5.86. The number of rotatable bonds is 7. The molecule has 0 aromatic heterocycles. The van der Waals surface area contributed by atoms with Crippen LogP contribution < -0.4 is 9.80 Å². The van der Waals surface area contributed by atoms with Gasteiger partial charge in [-0.3, -0.25) is 0 Å². The van der Waals surface area contributed by atoms with Crippen LogP contribution in [0.15, 0.2) is 169 Å². The first-order chi connectivity index (χ1) is 24.4. The van der Waals surface area contributed by atoms with E-state index in [0.717, 1.165) is 17.8 Å². The molecule has 0 heterocycles. The third-order valence-corrected chi connectivity index (χ3v) is 10.0. The predicted molar refractivity (Wildman–Crippen MR) is 216 cm³/mol. The minimum atomic E-state index is 0.157. The molecule has 2 heteroatoms. The van der Waals surface area contributed by atoms with Crippen LogP contribution in [0, 0.1) is 20.8 Å². The van der Waals surface area contributed by atoms with Crippen molar-refractivity contribution in [3.63, 3.8) is 0 Å². The van der Waals surface area contributed by atoms with E-state index in [1.165, 1.54) is 72.0 Å². The van der Waals surface area contributed by atoms with Crippen molar-refractivity contribution in [1.82, 2.24) is 0 Å². The molecule has 0 fully saturated rings. The van der Waals surface area contributed by atoms with Crippen LogP contribution in [-0.2, 0) is 0 Å². The fraction of sp³-hybridized carbons (Fsp3) is 0.125. The predicted octanol–water partition coefficient (Wildman–Crippen LogP) is 13.5. The number of nitrogens with zero attached hydrogens (tertiary/aromatic N) is 2. The molecule has 0 radical (unpaired) electrons. The third kappa shape index (κ3) is 5.88. The van der Waals surface area contributed by atoms with Gasteiger partial charge in [0.15, 0.2) is 0 Å². The molecule has 7 aromatic rings. The van der Waals surface area contributed by atoms with Crippen molar-refractivity contribution in [2.45, 2.75) is 40.2 Å². The number of hydrogen-bond donors (Lipinski definition) is 0. The number of benzene rings is 7. The zero-order chi connectivity index (χ0) is 34.2. The van der Waals surface area contributed by atoms with Gasteiger partial charge in [-0.15, -0.1) is 0 Å². The van der Waals surface area contributed by atoms with E-state index in [1.807, 2.05) is 0 Å². The smallest absolute Gasteiger partial charge is 0.0619 e. The first-order valence-corrected chi connectivity index (χ1v) is 17.6. The molecule has 0 bridgehead atoms. The Morgan fingerprint density at radius 2 is 0.980 bits per heavy atom. The van der Waals surface area contributed by atoms with Crippen molar-refractivity contribution < 1.29 is 0 Å². The molecule has 7 aromatic carbocycles. The lowest BCUT2D eigenvalue weighted by molar-refractivity contribution is 0.783. The van der Waals surface area contributed by atoms with Gasteiger partial charge >= 0.3 is 0 Å². The maximum absolute atomic E-state index is 2.59. The average molecular weight is 647 g/mol. The number of hydrogen-bond acceptors (Lipinski definition) is 2. The van der Waals surface area contributed by atoms with E-state index < -0.39 is 0 Å². The summed E-state index contributed by atoms with van der Waals surface area (Å²) in [6.45, 7) is 8.66. The summed E-state index contributed by atoms with van der Waals surface area (Å²) in [6.07, 6.45) is 7.97. The molecule has 0 saturated heterocycles. The maximum atomic E-state index is 2.59. The molecule has 0 saturated carbocycles. The standard InChI is InChI=1S/C48H42N2/c1-33-14-23-39(24-15-33)49(40-25-16-34(2)17-26-40)47-43-12-8-9-13-44(43)48(46-32-38(22-31-45(46)47)37-10-6-5-7-11-37)50(41-27-18-35(3)19-28-41)42-29-20-36(4)21-30-42/h5-29,31-32,42H,30H2,1-4H3. The molecule has 0 N–H and O–H groups in total. The quantitative estimate of drug-likeness (QED) is 0.126. The highest BCUT2D eigenvalue weighted by Gasteiger charge is 2.28. The van der Waals surface area contributed by atoms with E-state index in [0.29, 0.717) is 0 Å². The molecule has 1 atom stereocenters. The summed E-state index contributed by atoms with van der Waals surface area (Å²) < 4.78 is 0. The Kier molecular flexibility index (Phi) is 8.30. The van der Waals surface area contributed by atoms with Crippen molar-refractivity contribution >= 4 is 50.0 Å². The van der Waals surface area contributed by atoms with Gasteiger partial charge in [-0.1, -0.05) is 144 Å². The molecule has 244 valence electrons. The van der Waals surface area contributed by atoms with Crippen LogP contribution in [0.3, 0.4) is 0 Å². The summed E-state index contributed by atoms with van der Waals surface area (Å²) >= 11 is 0. The van der Waals surface area contributed by atoms with Crippen LogP contribution in [0.1, 0.15) is 30.0 Å². The third-order valence-electron chi connectivity index (χ3n) is 10.0. The maximum Gasteiger partial charge on any atom is 0.0619 e. The van der Waals surface area contributed by atoms with Crippen molar-refractivity contribution in [2.75, 3.05) is 9.80 Å². The minimum absolute atomic E-state index is 0.157. The largest absolute Gasteiger partial charge is 0.333 e. The number of aryl methyl sites for hydroxylation is 3. The SMILES string of the molecule is CC1=CCC(N(c2ccc(C)cc2)c2c3ccccc3c(N(c3ccc(C)cc3)c3ccc(C)cc3)c3ccc(-c4ccccc4)cc23)C=C1. The monoisotopic (exact) mass is 646 g/mol. The first-order valence-electron chi connectivity index (χ1n) is 17.6. The van der Waals surface area contributed by atoms with E-state index in [9.17, 15) is 0 Å². The van der Waals surface area contributed by atoms with Crippen molar-refractivity contribution in [3.8, 4) is 11.1 Å². The summed E-state index contributed by atoms with van der Waals surface area (Å²) in [5, 5.41) is 4.88. The van der Waals surface area contributed by atoms with Crippen LogP contribution >= 0.6 is 0 Å². The Morgan fingerprint density at radius 3 is 1.54 bits per heavy atom. The summed E-state index contributed by atoms with van der Waals surface area (Å²) in [5.74, 6) is 0. The van der Waals surface area contributed by atoms with Gasteiger partial charge in [0.1, 0.15) is 0 Å².